The summed E-state index contributed by atoms with van der Waals surface area (Å²) in [5.41, 5.74) is 0. The number of aromatic nitrogens is 2. The molecule has 0 radical (unpaired) electrons. The Kier molecular flexibility index (Phi) is 7.40. The lowest BCUT2D eigenvalue weighted by Gasteiger charge is -2.30. The Hall–Kier alpha value is -0.720. The smallest absolute Gasteiger partial charge is 0.134 e. The highest BCUT2D eigenvalue weighted by atomic mass is 79.9. The Morgan fingerprint density at radius 2 is 1.90 bits per heavy atom. The van der Waals surface area contributed by atoms with E-state index in [1.54, 1.807) is 14.2 Å². The predicted molar refractivity (Wildman–Crippen MR) is 84.4 cm³/mol. The van der Waals surface area contributed by atoms with Crippen molar-refractivity contribution in [3.63, 3.8) is 0 Å². The first kappa shape index (κ1) is 17.3. The van der Waals surface area contributed by atoms with Crippen LogP contribution in [-0.2, 0) is 9.47 Å². The highest BCUT2D eigenvalue weighted by Crippen LogP contribution is 2.22. The van der Waals surface area contributed by atoms with Gasteiger partial charge in [-0.2, -0.15) is 0 Å². The Labute approximate surface area is 129 Å². The highest BCUT2D eigenvalue weighted by Gasteiger charge is 2.18. The molecule has 1 rings (SSSR count). The molecule has 1 heterocycles. The summed E-state index contributed by atoms with van der Waals surface area (Å²) < 4.78 is 11.3. The Bertz CT molecular complexity index is 415. The van der Waals surface area contributed by atoms with E-state index in [2.05, 4.69) is 51.6 Å². The molecule has 1 aromatic heterocycles. The van der Waals surface area contributed by atoms with Crippen LogP contribution < -0.4 is 4.90 Å². The van der Waals surface area contributed by atoms with Crippen molar-refractivity contribution < 1.29 is 9.47 Å². The lowest BCUT2D eigenvalue weighted by Crippen LogP contribution is -2.39. The number of hydrogen-bond donors (Lipinski definition) is 0. The van der Waals surface area contributed by atoms with Gasteiger partial charge in [0, 0.05) is 32.7 Å². The summed E-state index contributed by atoms with van der Waals surface area (Å²) in [6, 6.07) is 2.16. The SMILES string of the molecule is COCCN(c1cc(Br)nc(C(C)C)n1)C(C)COC. The molecular weight excluding hydrogens is 322 g/mol. The van der Waals surface area contributed by atoms with Gasteiger partial charge in [-0.3, -0.25) is 0 Å². The minimum Gasteiger partial charge on any atom is -0.383 e. The van der Waals surface area contributed by atoms with Gasteiger partial charge in [0.2, 0.25) is 0 Å². The summed E-state index contributed by atoms with van der Waals surface area (Å²) >= 11 is 3.47. The van der Waals surface area contributed by atoms with E-state index in [0.29, 0.717) is 13.2 Å². The van der Waals surface area contributed by atoms with Gasteiger partial charge in [-0.15, -0.1) is 0 Å². The Morgan fingerprint density at radius 3 is 2.45 bits per heavy atom. The molecule has 5 nitrogen and oxygen atoms in total. The molecule has 6 heteroatoms. The van der Waals surface area contributed by atoms with Gasteiger partial charge < -0.3 is 14.4 Å². The van der Waals surface area contributed by atoms with E-state index < -0.39 is 0 Å². The van der Waals surface area contributed by atoms with Gasteiger partial charge in [-0.1, -0.05) is 13.8 Å². The van der Waals surface area contributed by atoms with E-state index in [1.165, 1.54) is 0 Å². The predicted octanol–water partition coefficient (Wildman–Crippen LogP) is 2.85. The maximum atomic E-state index is 5.26. The van der Waals surface area contributed by atoms with Crippen LogP contribution in [0.4, 0.5) is 5.82 Å². The average molecular weight is 346 g/mol. The Morgan fingerprint density at radius 1 is 1.20 bits per heavy atom. The van der Waals surface area contributed by atoms with Gasteiger partial charge in [0.15, 0.2) is 0 Å². The molecule has 0 saturated carbocycles. The fourth-order valence-corrected chi connectivity index (χ4v) is 2.30. The summed E-state index contributed by atoms with van der Waals surface area (Å²) in [6.07, 6.45) is 0. The number of rotatable bonds is 8. The number of hydrogen-bond acceptors (Lipinski definition) is 5. The molecule has 0 aromatic carbocycles. The molecule has 0 spiro atoms. The van der Waals surface area contributed by atoms with E-state index in [0.717, 1.165) is 22.8 Å². The van der Waals surface area contributed by atoms with Crippen LogP contribution in [0.5, 0.6) is 0 Å². The van der Waals surface area contributed by atoms with Crippen LogP contribution in [0.15, 0.2) is 10.7 Å². The second-order valence-corrected chi connectivity index (χ2v) is 5.86. The standard InChI is InChI=1S/C14H24BrN3O2/c1-10(2)14-16-12(15)8-13(17-14)18(6-7-19-4)11(3)9-20-5/h8,10-11H,6-7,9H2,1-5H3. The van der Waals surface area contributed by atoms with E-state index in [9.17, 15) is 0 Å². The lowest BCUT2D eigenvalue weighted by molar-refractivity contribution is 0.170. The zero-order chi connectivity index (χ0) is 15.1. The second-order valence-electron chi connectivity index (χ2n) is 5.05. The average Bonchev–Trinajstić information content (AvgIpc) is 2.38. The van der Waals surface area contributed by atoms with Crippen LogP contribution in [-0.4, -0.2) is 50.0 Å². The van der Waals surface area contributed by atoms with Crippen molar-refractivity contribution in [2.45, 2.75) is 32.7 Å². The molecule has 20 heavy (non-hydrogen) atoms. The summed E-state index contributed by atoms with van der Waals surface area (Å²) in [4.78, 5) is 11.3. The zero-order valence-electron chi connectivity index (χ0n) is 12.9. The minimum absolute atomic E-state index is 0.219. The molecule has 0 bridgehead atoms. The van der Waals surface area contributed by atoms with Gasteiger partial charge >= 0.3 is 0 Å². The van der Waals surface area contributed by atoms with Crippen LogP contribution in [0.2, 0.25) is 0 Å². The van der Waals surface area contributed by atoms with Crippen LogP contribution >= 0.6 is 15.9 Å². The fourth-order valence-electron chi connectivity index (χ4n) is 1.91. The molecule has 1 unspecified atom stereocenters. The highest BCUT2D eigenvalue weighted by molar-refractivity contribution is 9.10. The second kappa shape index (κ2) is 8.54. The van der Waals surface area contributed by atoms with Crippen molar-refractivity contribution in [1.82, 2.24) is 9.97 Å². The normalized spacial score (nSPS) is 12.8. The number of methoxy groups -OCH3 is 2. The molecule has 0 amide bonds. The van der Waals surface area contributed by atoms with Crippen molar-refractivity contribution in [2.24, 2.45) is 0 Å². The van der Waals surface area contributed by atoms with Gasteiger partial charge in [0.25, 0.3) is 0 Å². The number of nitrogens with zero attached hydrogens (tertiary/aromatic N) is 3. The van der Waals surface area contributed by atoms with Gasteiger partial charge in [-0.05, 0) is 22.9 Å². The number of halogens is 1. The van der Waals surface area contributed by atoms with E-state index in [1.807, 2.05) is 6.07 Å². The number of ether oxygens (including phenoxy) is 2. The van der Waals surface area contributed by atoms with Crippen molar-refractivity contribution in [1.29, 1.82) is 0 Å². The van der Waals surface area contributed by atoms with Crippen LogP contribution in [0.25, 0.3) is 0 Å². The third-order valence-corrected chi connectivity index (χ3v) is 3.39. The summed E-state index contributed by atoms with van der Waals surface area (Å²) in [5, 5.41) is 0. The summed E-state index contributed by atoms with van der Waals surface area (Å²) in [5.74, 6) is 2.02. The minimum atomic E-state index is 0.219. The van der Waals surface area contributed by atoms with Gasteiger partial charge in [-0.25, -0.2) is 9.97 Å². The maximum Gasteiger partial charge on any atom is 0.134 e. The van der Waals surface area contributed by atoms with E-state index in [-0.39, 0.29) is 12.0 Å². The maximum absolute atomic E-state index is 5.26. The Balaban J connectivity index is 3.05. The largest absolute Gasteiger partial charge is 0.383 e. The third kappa shape index (κ3) is 5.00. The molecule has 1 aromatic rings. The van der Waals surface area contributed by atoms with Crippen molar-refractivity contribution in [2.75, 3.05) is 38.9 Å². The first-order chi connectivity index (χ1) is 9.49. The van der Waals surface area contributed by atoms with Gasteiger partial charge in [0.05, 0.1) is 19.3 Å². The summed E-state index contributed by atoms with van der Waals surface area (Å²) in [6.45, 7) is 8.34. The number of anilines is 1. The van der Waals surface area contributed by atoms with E-state index >= 15 is 0 Å². The van der Waals surface area contributed by atoms with Crippen LogP contribution in [0.3, 0.4) is 0 Å². The topological polar surface area (TPSA) is 47.5 Å². The van der Waals surface area contributed by atoms with Crippen LogP contribution in [0.1, 0.15) is 32.5 Å². The van der Waals surface area contributed by atoms with Crippen molar-refractivity contribution in [3.05, 3.63) is 16.5 Å². The van der Waals surface area contributed by atoms with Crippen molar-refractivity contribution >= 4 is 21.7 Å². The van der Waals surface area contributed by atoms with Crippen LogP contribution in [0, 0.1) is 0 Å². The molecule has 0 saturated heterocycles. The molecule has 0 aliphatic rings. The third-order valence-electron chi connectivity index (χ3n) is 2.99. The monoisotopic (exact) mass is 345 g/mol. The molecule has 0 aliphatic carbocycles. The molecule has 0 fully saturated rings. The summed E-state index contributed by atoms with van der Waals surface area (Å²) in [7, 11) is 3.41. The first-order valence-electron chi connectivity index (χ1n) is 6.78. The fraction of sp³-hybridized carbons (Fsp3) is 0.714. The molecule has 0 aliphatic heterocycles. The molecule has 114 valence electrons. The quantitative estimate of drug-likeness (QED) is 0.678. The molecular formula is C14H24BrN3O2. The zero-order valence-corrected chi connectivity index (χ0v) is 14.5. The van der Waals surface area contributed by atoms with Crippen molar-refractivity contribution in [3.8, 4) is 0 Å². The molecule has 1 atom stereocenters. The van der Waals surface area contributed by atoms with Gasteiger partial charge in [0.1, 0.15) is 16.2 Å². The first-order valence-corrected chi connectivity index (χ1v) is 7.57. The lowest BCUT2D eigenvalue weighted by atomic mass is 10.2. The van der Waals surface area contributed by atoms with E-state index in [4.69, 9.17) is 9.47 Å². The molecule has 0 N–H and O–H groups in total.